The summed E-state index contributed by atoms with van der Waals surface area (Å²) >= 11 is 0. The van der Waals surface area contributed by atoms with Crippen LogP contribution in [0.2, 0.25) is 0 Å². The fraction of sp³-hybridized carbons (Fsp3) is 0.320. The lowest BCUT2D eigenvalue weighted by Gasteiger charge is -2.17. The SMILES string of the molecule is C=CC(=O)OCC(O)COc1c2ccccc2cc2ccc(CCCCC)cc12. The summed E-state index contributed by atoms with van der Waals surface area (Å²) in [5, 5.41) is 14.4. The fourth-order valence-corrected chi connectivity index (χ4v) is 3.42. The lowest BCUT2D eigenvalue weighted by atomic mass is 9.98. The van der Waals surface area contributed by atoms with Crippen LogP contribution < -0.4 is 4.74 Å². The molecule has 0 saturated carbocycles. The smallest absolute Gasteiger partial charge is 0.330 e. The summed E-state index contributed by atoms with van der Waals surface area (Å²) < 4.78 is 11.0. The number of aryl methyl sites for hydroxylation is 1. The first-order valence-electron chi connectivity index (χ1n) is 10.2. The molecule has 4 nitrogen and oxygen atoms in total. The summed E-state index contributed by atoms with van der Waals surface area (Å²) in [6.45, 7) is 5.46. The highest BCUT2D eigenvalue weighted by Gasteiger charge is 2.13. The third kappa shape index (κ3) is 5.36. The van der Waals surface area contributed by atoms with Gasteiger partial charge in [0.05, 0.1) is 0 Å². The van der Waals surface area contributed by atoms with Gasteiger partial charge in [-0.05, 0) is 41.3 Å². The Kier molecular flexibility index (Phi) is 7.25. The van der Waals surface area contributed by atoms with Crippen LogP contribution in [0.1, 0.15) is 31.7 Å². The number of ether oxygens (including phenoxy) is 2. The van der Waals surface area contributed by atoms with E-state index in [-0.39, 0.29) is 13.2 Å². The van der Waals surface area contributed by atoms with Gasteiger partial charge in [-0.1, -0.05) is 62.7 Å². The number of hydrogen-bond donors (Lipinski definition) is 1. The molecule has 29 heavy (non-hydrogen) atoms. The zero-order chi connectivity index (χ0) is 20.6. The molecule has 3 aromatic carbocycles. The molecule has 1 atom stereocenters. The van der Waals surface area contributed by atoms with E-state index in [0.717, 1.165) is 39.8 Å². The van der Waals surface area contributed by atoms with Gasteiger partial charge in [0.15, 0.2) is 0 Å². The maximum atomic E-state index is 11.2. The topological polar surface area (TPSA) is 55.8 Å². The predicted molar refractivity (Wildman–Crippen MR) is 117 cm³/mol. The van der Waals surface area contributed by atoms with Gasteiger partial charge in [0.1, 0.15) is 25.1 Å². The summed E-state index contributed by atoms with van der Waals surface area (Å²) in [7, 11) is 0. The van der Waals surface area contributed by atoms with Crippen LogP contribution in [0.5, 0.6) is 5.75 Å². The third-order valence-electron chi connectivity index (χ3n) is 4.95. The van der Waals surface area contributed by atoms with E-state index in [0.29, 0.717) is 0 Å². The van der Waals surface area contributed by atoms with Crippen LogP contribution in [-0.4, -0.2) is 30.4 Å². The molecule has 3 rings (SSSR count). The number of rotatable bonds is 10. The average Bonchev–Trinajstić information content (AvgIpc) is 2.75. The maximum Gasteiger partial charge on any atom is 0.330 e. The van der Waals surface area contributed by atoms with E-state index in [9.17, 15) is 9.90 Å². The van der Waals surface area contributed by atoms with Crippen LogP contribution in [0.4, 0.5) is 0 Å². The van der Waals surface area contributed by atoms with Crippen LogP contribution in [0.25, 0.3) is 21.5 Å². The largest absolute Gasteiger partial charge is 0.489 e. The lowest BCUT2D eigenvalue weighted by Crippen LogP contribution is -2.24. The molecule has 0 spiro atoms. The van der Waals surface area contributed by atoms with Crippen molar-refractivity contribution in [1.82, 2.24) is 0 Å². The Morgan fingerprint density at radius 2 is 1.86 bits per heavy atom. The van der Waals surface area contributed by atoms with Crippen molar-refractivity contribution in [2.45, 2.75) is 38.7 Å². The van der Waals surface area contributed by atoms with Crippen molar-refractivity contribution < 1.29 is 19.4 Å². The van der Waals surface area contributed by atoms with Gasteiger partial charge >= 0.3 is 5.97 Å². The number of fused-ring (bicyclic) bond motifs is 2. The summed E-state index contributed by atoms with van der Waals surface area (Å²) in [4.78, 5) is 11.2. The van der Waals surface area contributed by atoms with Crippen molar-refractivity contribution in [3.8, 4) is 5.75 Å². The Labute approximate surface area is 171 Å². The van der Waals surface area contributed by atoms with Crippen molar-refractivity contribution >= 4 is 27.5 Å². The van der Waals surface area contributed by atoms with Crippen LogP contribution in [0.15, 0.2) is 61.2 Å². The molecular formula is C25H28O4. The summed E-state index contributed by atoms with van der Waals surface area (Å²) in [6.07, 6.45) is 4.78. The molecule has 0 bridgehead atoms. The molecule has 0 aliphatic heterocycles. The molecular weight excluding hydrogens is 364 g/mol. The Bertz CT molecular complexity index is 993. The third-order valence-corrected chi connectivity index (χ3v) is 4.95. The van der Waals surface area contributed by atoms with Crippen LogP contribution >= 0.6 is 0 Å². The number of aliphatic hydroxyl groups is 1. The highest BCUT2D eigenvalue weighted by atomic mass is 16.5. The van der Waals surface area contributed by atoms with Gasteiger partial charge in [-0.3, -0.25) is 0 Å². The number of benzene rings is 3. The second-order valence-electron chi connectivity index (χ2n) is 7.24. The number of hydrogen-bond acceptors (Lipinski definition) is 4. The van der Waals surface area contributed by atoms with Crippen molar-refractivity contribution in [2.24, 2.45) is 0 Å². The number of esters is 1. The molecule has 0 saturated heterocycles. The Hall–Kier alpha value is -2.85. The van der Waals surface area contributed by atoms with Crippen LogP contribution in [0, 0.1) is 0 Å². The van der Waals surface area contributed by atoms with Crippen LogP contribution in [-0.2, 0) is 16.0 Å². The van der Waals surface area contributed by atoms with Gasteiger partial charge in [-0.25, -0.2) is 4.79 Å². The minimum atomic E-state index is -0.916. The fourth-order valence-electron chi connectivity index (χ4n) is 3.42. The van der Waals surface area contributed by atoms with E-state index in [4.69, 9.17) is 9.47 Å². The highest BCUT2D eigenvalue weighted by Crippen LogP contribution is 2.35. The van der Waals surface area contributed by atoms with Crippen molar-refractivity contribution in [3.63, 3.8) is 0 Å². The Morgan fingerprint density at radius 1 is 1.07 bits per heavy atom. The summed E-state index contributed by atoms with van der Waals surface area (Å²) in [5.74, 6) is 0.195. The van der Waals surface area contributed by atoms with E-state index in [1.165, 1.54) is 24.8 Å². The highest BCUT2D eigenvalue weighted by molar-refractivity contribution is 6.05. The molecule has 1 N–H and O–H groups in total. The quantitative estimate of drug-likeness (QED) is 0.223. The van der Waals surface area contributed by atoms with E-state index in [1.807, 2.05) is 18.2 Å². The van der Waals surface area contributed by atoms with Gasteiger partial charge in [-0.15, -0.1) is 0 Å². The molecule has 4 heteroatoms. The number of carbonyl (C=O) groups excluding carboxylic acids is 1. The normalized spacial score (nSPS) is 12.1. The summed E-state index contributed by atoms with van der Waals surface area (Å²) in [5.41, 5.74) is 1.28. The molecule has 0 aliphatic carbocycles. The lowest BCUT2D eigenvalue weighted by molar-refractivity contribution is -0.141. The van der Waals surface area contributed by atoms with E-state index >= 15 is 0 Å². The first kappa shape index (κ1) is 20.9. The van der Waals surface area contributed by atoms with Crippen molar-refractivity contribution in [2.75, 3.05) is 13.2 Å². The van der Waals surface area contributed by atoms with E-state index in [2.05, 4.69) is 43.8 Å². The molecule has 0 aromatic heterocycles. The van der Waals surface area contributed by atoms with Crippen molar-refractivity contribution in [3.05, 3.63) is 66.7 Å². The molecule has 0 aliphatic rings. The first-order valence-corrected chi connectivity index (χ1v) is 10.2. The minimum absolute atomic E-state index is 0.0353. The van der Waals surface area contributed by atoms with Gasteiger partial charge in [0.25, 0.3) is 0 Å². The second kappa shape index (κ2) is 10.1. The zero-order valence-electron chi connectivity index (χ0n) is 16.9. The predicted octanol–water partition coefficient (Wildman–Crippen LogP) is 5.19. The number of aliphatic hydroxyl groups excluding tert-OH is 1. The summed E-state index contributed by atoms with van der Waals surface area (Å²) in [6, 6.07) is 16.7. The average molecular weight is 392 g/mol. The number of carbonyl (C=O) groups is 1. The van der Waals surface area contributed by atoms with Crippen molar-refractivity contribution in [1.29, 1.82) is 0 Å². The minimum Gasteiger partial charge on any atom is -0.489 e. The Balaban J connectivity index is 1.89. The molecule has 0 radical (unpaired) electrons. The standard InChI is InChI=1S/C25H28O4/c1-3-5-6-9-18-12-13-20-15-19-10-7-8-11-22(19)25(23(20)14-18)29-17-21(26)16-28-24(27)4-2/h4,7-8,10-15,21,26H,2-3,5-6,9,16-17H2,1H3. The van der Waals surface area contributed by atoms with Gasteiger partial charge in [0, 0.05) is 16.8 Å². The van der Waals surface area contributed by atoms with Crippen LogP contribution in [0.3, 0.4) is 0 Å². The van der Waals surface area contributed by atoms with E-state index in [1.54, 1.807) is 0 Å². The maximum absolute atomic E-state index is 11.2. The molecule has 3 aromatic rings. The monoisotopic (exact) mass is 392 g/mol. The molecule has 0 amide bonds. The molecule has 1 unspecified atom stereocenters. The van der Waals surface area contributed by atoms with E-state index < -0.39 is 12.1 Å². The second-order valence-corrected chi connectivity index (χ2v) is 7.24. The van der Waals surface area contributed by atoms with Gasteiger partial charge in [-0.2, -0.15) is 0 Å². The van der Waals surface area contributed by atoms with Gasteiger partial charge < -0.3 is 14.6 Å². The number of unbranched alkanes of at least 4 members (excludes halogenated alkanes) is 2. The molecule has 0 heterocycles. The molecule has 152 valence electrons. The first-order chi connectivity index (χ1) is 14.1. The zero-order valence-corrected chi connectivity index (χ0v) is 16.9. The molecule has 0 fully saturated rings. The Morgan fingerprint density at radius 3 is 2.66 bits per heavy atom. The van der Waals surface area contributed by atoms with Gasteiger partial charge in [0.2, 0.25) is 0 Å².